The summed E-state index contributed by atoms with van der Waals surface area (Å²) >= 11 is 0. The number of hydrogen-bond donors (Lipinski definition) is 1. The summed E-state index contributed by atoms with van der Waals surface area (Å²) in [7, 11) is 1.74. The molecule has 1 aromatic rings. The minimum Gasteiger partial charge on any atom is -0.490 e. The second kappa shape index (κ2) is 8.85. The molecule has 1 N–H and O–H groups in total. The van der Waals surface area contributed by atoms with E-state index in [4.69, 9.17) is 9.47 Å². The highest BCUT2D eigenvalue weighted by Crippen LogP contribution is 2.26. The molecule has 1 unspecified atom stereocenters. The van der Waals surface area contributed by atoms with Crippen molar-refractivity contribution in [1.82, 2.24) is 10.3 Å². The van der Waals surface area contributed by atoms with E-state index in [1.54, 1.807) is 7.11 Å². The number of pyridine rings is 1. The second-order valence-electron chi connectivity index (χ2n) is 5.41. The molecule has 0 saturated carbocycles. The Balaban J connectivity index is 2.10. The van der Waals surface area contributed by atoms with Crippen molar-refractivity contribution in [3.05, 3.63) is 18.3 Å². The minimum atomic E-state index is 0.530. The predicted octanol–water partition coefficient (Wildman–Crippen LogP) is 2.08. The van der Waals surface area contributed by atoms with E-state index in [0.717, 1.165) is 44.2 Å². The number of nitrogens with zero attached hydrogens (tertiary/aromatic N) is 2. The van der Waals surface area contributed by atoms with Crippen LogP contribution in [0.5, 0.6) is 5.75 Å². The molecule has 118 valence electrons. The smallest absolute Gasteiger partial charge is 0.171 e. The summed E-state index contributed by atoms with van der Waals surface area (Å²) in [6.07, 6.45) is 5.30. The van der Waals surface area contributed by atoms with Crippen molar-refractivity contribution in [3.8, 4) is 5.75 Å². The van der Waals surface area contributed by atoms with Crippen molar-refractivity contribution in [2.24, 2.45) is 0 Å². The minimum absolute atomic E-state index is 0.530. The fourth-order valence-corrected chi connectivity index (χ4v) is 2.61. The van der Waals surface area contributed by atoms with Crippen LogP contribution in [0.1, 0.15) is 26.2 Å². The summed E-state index contributed by atoms with van der Waals surface area (Å²) in [6, 6.07) is 4.46. The van der Waals surface area contributed by atoms with E-state index < -0.39 is 0 Å². The van der Waals surface area contributed by atoms with Crippen LogP contribution in [0.2, 0.25) is 0 Å². The van der Waals surface area contributed by atoms with Crippen LogP contribution in [0, 0.1) is 0 Å². The van der Waals surface area contributed by atoms with Gasteiger partial charge in [-0.05, 0) is 37.9 Å². The Morgan fingerprint density at radius 3 is 3.05 bits per heavy atom. The van der Waals surface area contributed by atoms with E-state index in [-0.39, 0.29) is 0 Å². The lowest BCUT2D eigenvalue weighted by molar-refractivity contribution is 0.204. The summed E-state index contributed by atoms with van der Waals surface area (Å²) in [5.41, 5.74) is 0. The van der Waals surface area contributed by atoms with Gasteiger partial charge in [-0.25, -0.2) is 4.98 Å². The second-order valence-corrected chi connectivity index (χ2v) is 5.41. The van der Waals surface area contributed by atoms with Crippen molar-refractivity contribution >= 4 is 5.82 Å². The number of anilines is 1. The van der Waals surface area contributed by atoms with Gasteiger partial charge in [-0.2, -0.15) is 0 Å². The summed E-state index contributed by atoms with van der Waals surface area (Å²) in [4.78, 5) is 6.82. The molecule has 5 heteroatoms. The van der Waals surface area contributed by atoms with E-state index in [1.165, 1.54) is 12.8 Å². The van der Waals surface area contributed by atoms with Crippen molar-refractivity contribution in [2.75, 3.05) is 44.9 Å². The molecule has 21 heavy (non-hydrogen) atoms. The molecule has 2 heterocycles. The number of nitrogens with one attached hydrogen (secondary N) is 1. The first kappa shape index (κ1) is 16.0. The number of rotatable bonds is 9. The molecule has 1 aliphatic rings. The maximum atomic E-state index is 5.85. The van der Waals surface area contributed by atoms with Crippen molar-refractivity contribution in [3.63, 3.8) is 0 Å². The van der Waals surface area contributed by atoms with Gasteiger partial charge in [0.25, 0.3) is 0 Å². The van der Waals surface area contributed by atoms with Gasteiger partial charge in [0.2, 0.25) is 0 Å². The average Bonchev–Trinajstić information content (AvgIpc) is 3.03. The Morgan fingerprint density at radius 1 is 1.43 bits per heavy atom. The third-order valence-electron chi connectivity index (χ3n) is 3.68. The van der Waals surface area contributed by atoms with Crippen LogP contribution >= 0.6 is 0 Å². The molecule has 1 aliphatic heterocycles. The van der Waals surface area contributed by atoms with Gasteiger partial charge in [0.15, 0.2) is 11.6 Å². The van der Waals surface area contributed by atoms with Crippen LogP contribution < -0.4 is 15.0 Å². The SMILES string of the molecule is CCCOc1cccnc1N(CCOC)CC1CCCN1. The molecular formula is C16H27N3O2. The Morgan fingerprint density at radius 2 is 2.33 bits per heavy atom. The van der Waals surface area contributed by atoms with Crippen LogP contribution in [0.3, 0.4) is 0 Å². The zero-order valence-corrected chi connectivity index (χ0v) is 13.2. The third kappa shape index (κ3) is 4.86. The lowest BCUT2D eigenvalue weighted by atomic mass is 10.2. The first-order valence-corrected chi connectivity index (χ1v) is 7.90. The Hall–Kier alpha value is -1.33. The first-order chi connectivity index (χ1) is 10.3. The molecule has 0 spiro atoms. The van der Waals surface area contributed by atoms with Gasteiger partial charge in [0.1, 0.15) is 0 Å². The van der Waals surface area contributed by atoms with Crippen molar-refractivity contribution in [1.29, 1.82) is 0 Å². The standard InChI is InChI=1S/C16H27N3O2/c1-3-11-21-15-7-5-9-18-16(15)19(10-12-20-2)13-14-6-4-8-17-14/h5,7,9,14,17H,3-4,6,8,10-13H2,1-2H3. The Kier molecular flexibility index (Phi) is 6.76. The highest BCUT2D eigenvalue weighted by molar-refractivity contribution is 5.52. The van der Waals surface area contributed by atoms with Gasteiger partial charge in [0.05, 0.1) is 13.2 Å². The molecule has 0 bridgehead atoms. The van der Waals surface area contributed by atoms with Crippen LogP contribution in [-0.2, 0) is 4.74 Å². The number of hydrogen-bond acceptors (Lipinski definition) is 5. The lowest BCUT2D eigenvalue weighted by Crippen LogP contribution is -2.39. The highest BCUT2D eigenvalue weighted by atomic mass is 16.5. The van der Waals surface area contributed by atoms with Crippen LogP contribution in [-0.4, -0.2) is 51.0 Å². The van der Waals surface area contributed by atoms with E-state index in [1.807, 2.05) is 18.3 Å². The molecule has 1 saturated heterocycles. The van der Waals surface area contributed by atoms with E-state index in [2.05, 4.69) is 22.1 Å². The molecule has 0 aromatic carbocycles. The first-order valence-electron chi connectivity index (χ1n) is 7.90. The van der Waals surface area contributed by atoms with Gasteiger partial charge < -0.3 is 19.7 Å². The molecule has 1 fully saturated rings. The molecule has 0 amide bonds. The van der Waals surface area contributed by atoms with E-state index in [9.17, 15) is 0 Å². The van der Waals surface area contributed by atoms with Gasteiger partial charge >= 0.3 is 0 Å². The number of methoxy groups -OCH3 is 1. The zero-order valence-electron chi connectivity index (χ0n) is 13.2. The molecule has 0 radical (unpaired) electrons. The molecule has 5 nitrogen and oxygen atoms in total. The monoisotopic (exact) mass is 293 g/mol. The van der Waals surface area contributed by atoms with Gasteiger partial charge in [0, 0.05) is 32.4 Å². The summed E-state index contributed by atoms with van der Waals surface area (Å²) in [5, 5.41) is 3.54. The normalized spacial score (nSPS) is 17.9. The maximum Gasteiger partial charge on any atom is 0.171 e. The zero-order chi connectivity index (χ0) is 14.9. The van der Waals surface area contributed by atoms with E-state index >= 15 is 0 Å². The van der Waals surface area contributed by atoms with E-state index in [0.29, 0.717) is 12.6 Å². The molecule has 2 rings (SSSR count). The van der Waals surface area contributed by atoms with Crippen molar-refractivity contribution in [2.45, 2.75) is 32.2 Å². The summed E-state index contributed by atoms with van der Waals surface area (Å²) in [5.74, 6) is 1.80. The largest absolute Gasteiger partial charge is 0.490 e. The maximum absolute atomic E-state index is 5.85. The average molecular weight is 293 g/mol. The van der Waals surface area contributed by atoms with Gasteiger partial charge in [-0.1, -0.05) is 6.92 Å². The quantitative estimate of drug-likeness (QED) is 0.755. The topological polar surface area (TPSA) is 46.6 Å². The molecular weight excluding hydrogens is 266 g/mol. The molecule has 1 atom stereocenters. The van der Waals surface area contributed by atoms with Gasteiger partial charge in [-0.3, -0.25) is 0 Å². The van der Waals surface area contributed by atoms with Crippen LogP contribution in [0.25, 0.3) is 0 Å². The summed E-state index contributed by atoms with van der Waals surface area (Å²) in [6.45, 7) is 6.41. The fraction of sp³-hybridized carbons (Fsp3) is 0.688. The Labute approximate surface area is 127 Å². The Bertz CT molecular complexity index is 408. The van der Waals surface area contributed by atoms with Crippen LogP contribution in [0.4, 0.5) is 5.82 Å². The van der Waals surface area contributed by atoms with Crippen LogP contribution in [0.15, 0.2) is 18.3 Å². The third-order valence-corrected chi connectivity index (χ3v) is 3.68. The molecule has 0 aliphatic carbocycles. The highest BCUT2D eigenvalue weighted by Gasteiger charge is 2.21. The molecule has 1 aromatic heterocycles. The number of ether oxygens (including phenoxy) is 2. The summed E-state index contributed by atoms with van der Waals surface area (Å²) < 4.78 is 11.1. The van der Waals surface area contributed by atoms with Gasteiger partial charge in [-0.15, -0.1) is 0 Å². The fourth-order valence-electron chi connectivity index (χ4n) is 2.61. The lowest BCUT2D eigenvalue weighted by Gasteiger charge is -2.28. The predicted molar refractivity (Wildman–Crippen MR) is 85.1 cm³/mol. The van der Waals surface area contributed by atoms with Crippen molar-refractivity contribution < 1.29 is 9.47 Å². The number of aromatic nitrogens is 1.